The molecule has 0 amide bonds. The van der Waals surface area contributed by atoms with Crippen LogP contribution < -0.4 is 0 Å². The number of hydrogen-bond acceptors (Lipinski definition) is 3. The summed E-state index contributed by atoms with van der Waals surface area (Å²) in [7, 11) is 0. The van der Waals surface area contributed by atoms with E-state index in [0.717, 1.165) is 16.5 Å². The van der Waals surface area contributed by atoms with Crippen LogP contribution in [0.3, 0.4) is 0 Å². The number of thiophene rings is 1. The molecule has 0 atom stereocenters. The molecule has 1 aromatic carbocycles. The second-order valence-electron chi connectivity index (χ2n) is 3.14. The fourth-order valence-corrected chi connectivity index (χ4v) is 2.56. The Balaban J connectivity index is 2.76. The Labute approximate surface area is 85.8 Å². The first kappa shape index (κ1) is 9.21. The third kappa shape index (κ3) is 1.30. The number of phenolic OH excluding ortho intramolecular Hbond substituents is 1. The maximum atomic E-state index is 10.6. The van der Waals surface area contributed by atoms with Crippen LogP contribution >= 0.6 is 11.3 Å². The normalized spacial score (nSPS) is 10.6. The van der Waals surface area contributed by atoms with Gasteiger partial charge in [0.25, 0.3) is 0 Å². The van der Waals surface area contributed by atoms with E-state index in [4.69, 9.17) is 0 Å². The summed E-state index contributed by atoms with van der Waals surface area (Å²) in [6.45, 7) is 2.08. The molecule has 1 heterocycles. The number of aldehydes is 1. The van der Waals surface area contributed by atoms with Crippen molar-refractivity contribution in [2.45, 2.75) is 13.3 Å². The van der Waals surface area contributed by atoms with Gasteiger partial charge in [-0.05, 0) is 34.9 Å². The standard InChI is InChI=1S/C11H10O2S/c1-2-7-6-14-11-4-10(13)8(5-12)3-9(7)11/h3-6,13H,2H2,1H3. The third-order valence-corrected chi connectivity index (χ3v) is 3.30. The molecular formula is C11H10O2S. The largest absolute Gasteiger partial charge is 0.507 e. The van der Waals surface area contributed by atoms with Gasteiger partial charge in [-0.1, -0.05) is 6.92 Å². The van der Waals surface area contributed by atoms with Crippen LogP contribution in [0.25, 0.3) is 10.1 Å². The zero-order valence-electron chi connectivity index (χ0n) is 7.78. The number of fused-ring (bicyclic) bond motifs is 1. The van der Waals surface area contributed by atoms with Gasteiger partial charge in [-0.2, -0.15) is 0 Å². The summed E-state index contributed by atoms with van der Waals surface area (Å²) < 4.78 is 1.03. The smallest absolute Gasteiger partial charge is 0.153 e. The van der Waals surface area contributed by atoms with Crippen molar-refractivity contribution in [3.8, 4) is 5.75 Å². The van der Waals surface area contributed by atoms with Crippen molar-refractivity contribution in [3.05, 3.63) is 28.6 Å². The molecule has 14 heavy (non-hydrogen) atoms. The maximum Gasteiger partial charge on any atom is 0.153 e. The molecule has 0 bridgehead atoms. The van der Waals surface area contributed by atoms with Crippen molar-refractivity contribution in [1.29, 1.82) is 0 Å². The van der Waals surface area contributed by atoms with Crippen LogP contribution in [0.5, 0.6) is 5.75 Å². The van der Waals surface area contributed by atoms with E-state index in [1.54, 1.807) is 23.5 Å². The van der Waals surface area contributed by atoms with Gasteiger partial charge >= 0.3 is 0 Å². The molecule has 0 fully saturated rings. The summed E-state index contributed by atoms with van der Waals surface area (Å²) in [5, 5.41) is 12.6. The van der Waals surface area contributed by atoms with Crippen LogP contribution in [-0.2, 0) is 6.42 Å². The highest BCUT2D eigenvalue weighted by molar-refractivity contribution is 7.17. The zero-order valence-corrected chi connectivity index (χ0v) is 8.60. The molecular weight excluding hydrogens is 196 g/mol. The summed E-state index contributed by atoms with van der Waals surface area (Å²) in [5.74, 6) is 0.0667. The molecule has 2 aromatic rings. The van der Waals surface area contributed by atoms with Crippen LogP contribution in [-0.4, -0.2) is 11.4 Å². The van der Waals surface area contributed by atoms with Gasteiger partial charge in [0.2, 0.25) is 0 Å². The topological polar surface area (TPSA) is 37.3 Å². The van der Waals surface area contributed by atoms with E-state index >= 15 is 0 Å². The van der Waals surface area contributed by atoms with Gasteiger partial charge in [0, 0.05) is 4.70 Å². The van der Waals surface area contributed by atoms with E-state index in [1.165, 1.54) is 5.56 Å². The van der Waals surface area contributed by atoms with E-state index in [-0.39, 0.29) is 5.75 Å². The van der Waals surface area contributed by atoms with Crippen molar-refractivity contribution in [1.82, 2.24) is 0 Å². The fraction of sp³-hybridized carbons (Fsp3) is 0.182. The number of carbonyl (C=O) groups excluding carboxylic acids is 1. The molecule has 0 unspecified atom stereocenters. The molecule has 0 radical (unpaired) electrons. The Kier molecular flexibility index (Phi) is 2.25. The van der Waals surface area contributed by atoms with Gasteiger partial charge in [0.05, 0.1) is 5.56 Å². The minimum atomic E-state index is 0.0667. The first-order valence-electron chi connectivity index (χ1n) is 4.44. The SMILES string of the molecule is CCc1csc2cc(O)c(C=O)cc12. The highest BCUT2D eigenvalue weighted by Crippen LogP contribution is 2.31. The summed E-state index contributed by atoms with van der Waals surface area (Å²) in [6.07, 6.45) is 1.63. The Morgan fingerprint density at radius 3 is 2.93 bits per heavy atom. The lowest BCUT2D eigenvalue weighted by molar-refractivity contribution is 0.112. The first-order chi connectivity index (χ1) is 6.76. The lowest BCUT2D eigenvalue weighted by atomic mass is 10.1. The first-order valence-corrected chi connectivity index (χ1v) is 5.32. The second-order valence-corrected chi connectivity index (χ2v) is 4.05. The van der Waals surface area contributed by atoms with E-state index < -0.39 is 0 Å². The molecule has 0 aliphatic rings. The lowest BCUT2D eigenvalue weighted by Crippen LogP contribution is -1.82. The molecule has 0 aliphatic carbocycles. The van der Waals surface area contributed by atoms with Crippen molar-refractivity contribution < 1.29 is 9.90 Å². The molecule has 72 valence electrons. The van der Waals surface area contributed by atoms with Gasteiger partial charge in [-0.3, -0.25) is 4.79 Å². The average molecular weight is 206 g/mol. The average Bonchev–Trinajstić information content (AvgIpc) is 2.58. The molecule has 2 rings (SSSR count). The number of carbonyl (C=O) groups is 1. The third-order valence-electron chi connectivity index (χ3n) is 2.31. The monoisotopic (exact) mass is 206 g/mol. The Hall–Kier alpha value is -1.35. The predicted octanol–water partition coefficient (Wildman–Crippen LogP) is 2.98. The Bertz CT molecular complexity index is 485. The van der Waals surface area contributed by atoms with Gasteiger partial charge in [0.1, 0.15) is 5.75 Å². The number of phenols is 1. The van der Waals surface area contributed by atoms with Crippen LogP contribution in [0.1, 0.15) is 22.8 Å². The summed E-state index contributed by atoms with van der Waals surface area (Å²) >= 11 is 1.60. The predicted molar refractivity (Wildman–Crippen MR) is 58.3 cm³/mol. The zero-order chi connectivity index (χ0) is 10.1. The van der Waals surface area contributed by atoms with E-state index in [1.807, 2.05) is 0 Å². The van der Waals surface area contributed by atoms with E-state index in [0.29, 0.717) is 11.8 Å². The van der Waals surface area contributed by atoms with Gasteiger partial charge < -0.3 is 5.11 Å². The molecule has 0 saturated carbocycles. The quantitative estimate of drug-likeness (QED) is 0.767. The summed E-state index contributed by atoms with van der Waals surface area (Å²) in [6, 6.07) is 3.41. The Morgan fingerprint density at radius 2 is 2.29 bits per heavy atom. The number of rotatable bonds is 2. The summed E-state index contributed by atoms with van der Waals surface area (Å²) in [5.41, 5.74) is 1.60. The molecule has 1 N–H and O–H groups in total. The fourth-order valence-electron chi connectivity index (χ4n) is 1.50. The van der Waals surface area contributed by atoms with Crippen LogP contribution in [0.2, 0.25) is 0 Å². The molecule has 1 aromatic heterocycles. The maximum absolute atomic E-state index is 10.6. The minimum absolute atomic E-state index is 0.0667. The Morgan fingerprint density at radius 1 is 1.50 bits per heavy atom. The molecule has 2 nitrogen and oxygen atoms in total. The number of hydrogen-bond donors (Lipinski definition) is 1. The molecule has 0 saturated heterocycles. The highest BCUT2D eigenvalue weighted by atomic mass is 32.1. The van der Waals surface area contributed by atoms with Gasteiger partial charge in [-0.25, -0.2) is 0 Å². The highest BCUT2D eigenvalue weighted by Gasteiger charge is 2.07. The van der Waals surface area contributed by atoms with Gasteiger partial charge in [0.15, 0.2) is 6.29 Å². The molecule has 0 aliphatic heterocycles. The van der Waals surface area contributed by atoms with Crippen LogP contribution in [0.4, 0.5) is 0 Å². The number of aromatic hydroxyl groups is 1. The van der Waals surface area contributed by atoms with Crippen LogP contribution in [0, 0.1) is 0 Å². The van der Waals surface area contributed by atoms with Crippen LogP contribution in [0.15, 0.2) is 17.5 Å². The van der Waals surface area contributed by atoms with Crippen molar-refractivity contribution in [2.24, 2.45) is 0 Å². The molecule has 3 heteroatoms. The van der Waals surface area contributed by atoms with Gasteiger partial charge in [-0.15, -0.1) is 11.3 Å². The van der Waals surface area contributed by atoms with Crippen molar-refractivity contribution in [3.63, 3.8) is 0 Å². The number of aryl methyl sites for hydroxylation is 1. The van der Waals surface area contributed by atoms with Crippen molar-refractivity contribution >= 4 is 27.7 Å². The second kappa shape index (κ2) is 3.42. The molecule has 0 spiro atoms. The minimum Gasteiger partial charge on any atom is -0.507 e. The summed E-state index contributed by atoms with van der Waals surface area (Å²) in [4.78, 5) is 10.6. The number of benzene rings is 1. The lowest BCUT2D eigenvalue weighted by Gasteiger charge is -1.98. The van der Waals surface area contributed by atoms with E-state index in [9.17, 15) is 9.90 Å². The van der Waals surface area contributed by atoms with E-state index in [2.05, 4.69) is 12.3 Å². The van der Waals surface area contributed by atoms with Crippen molar-refractivity contribution in [2.75, 3.05) is 0 Å².